The first-order valence-corrected chi connectivity index (χ1v) is 10.8. The molecule has 1 N–H and O–H groups in total. The summed E-state index contributed by atoms with van der Waals surface area (Å²) in [6.45, 7) is 10.5. The maximum absolute atomic E-state index is 11.6. The largest absolute Gasteiger partial charge is 0.492 e. The average molecular weight is 444 g/mol. The molecule has 32 heavy (non-hydrogen) atoms. The molecule has 0 aliphatic rings. The van der Waals surface area contributed by atoms with Crippen molar-refractivity contribution in [3.05, 3.63) is 48.0 Å². The van der Waals surface area contributed by atoms with Gasteiger partial charge in [-0.15, -0.1) is 0 Å². The lowest BCUT2D eigenvalue weighted by Gasteiger charge is -2.19. The van der Waals surface area contributed by atoms with Gasteiger partial charge in [-0.1, -0.05) is 25.1 Å². The fourth-order valence-corrected chi connectivity index (χ4v) is 2.79. The van der Waals surface area contributed by atoms with E-state index in [9.17, 15) is 9.59 Å². The molecule has 0 radical (unpaired) electrons. The normalized spacial score (nSPS) is 10.9. The SMILES string of the molecule is CCC(=O)OCCOc1ccc(C)c(-c2ccc(OCCNC(=O)OC(C)(C)C)cc2)c1. The van der Waals surface area contributed by atoms with E-state index in [1.807, 2.05) is 70.2 Å². The number of carbonyl (C=O) groups is 2. The molecule has 0 unspecified atom stereocenters. The van der Waals surface area contributed by atoms with Crippen LogP contribution in [0, 0.1) is 6.92 Å². The summed E-state index contributed by atoms with van der Waals surface area (Å²) in [5, 5.41) is 2.66. The summed E-state index contributed by atoms with van der Waals surface area (Å²) in [6.07, 6.45) is -0.105. The molecular weight excluding hydrogens is 410 g/mol. The monoisotopic (exact) mass is 443 g/mol. The maximum atomic E-state index is 11.6. The van der Waals surface area contributed by atoms with Gasteiger partial charge in [-0.25, -0.2) is 4.79 Å². The van der Waals surface area contributed by atoms with Crippen LogP contribution >= 0.6 is 0 Å². The number of rotatable bonds is 10. The van der Waals surface area contributed by atoms with Crippen LogP contribution in [-0.4, -0.2) is 44.0 Å². The lowest BCUT2D eigenvalue weighted by atomic mass is 10.0. The van der Waals surface area contributed by atoms with E-state index in [2.05, 4.69) is 5.32 Å². The van der Waals surface area contributed by atoms with Crippen molar-refractivity contribution in [1.82, 2.24) is 5.32 Å². The number of aryl methyl sites for hydroxylation is 1. The fourth-order valence-electron chi connectivity index (χ4n) is 2.79. The third kappa shape index (κ3) is 8.88. The first kappa shape index (κ1) is 25.0. The van der Waals surface area contributed by atoms with Gasteiger partial charge in [0.1, 0.15) is 36.9 Å². The summed E-state index contributed by atoms with van der Waals surface area (Å²) >= 11 is 0. The van der Waals surface area contributed by atoms with Crippen LogP contribution in [0.25, 0.3) is 11.1 Å². The Labute approximate surface area is 190 Å². The van der Waals surface area contributed by atoms with Crippen molar-refractivity contribution >= 4 is 12.1 Å². The Balaban J connectivity index is 1.86. The predicted octanol–water partition coefficient (Wildman–Crippen LogP) is 4.90. The Bertz CT molecular complexity index is 886. The lowest BCUT2D eigenvalue weighted by Crippen LogP contribution is -2.34. The minimum atomic E-state index is -0.525. The molecule has 2 aromatic rings. The van der Waals surface area contributed by atoms with E-state index in [1.54, 1.807) is 6.92 Å². The van der Waals surface area contributed by atoms with Crippen LogP contribution in [0.5, 0.6) is 11.5 Å². The Kier molecular flexibility index (Phi) is 9.38. The van der Waals surface area contributed by atoms with Gasteiger partial charge in [0, 0.05) is 6.42 Å². The zero-order valence-corrected chi connectivity index (χ0v) is 19.5. The predicted molar refractivity (Wildman–Crippen MR) is 123 cm³/mol. The summed E-state index contributed by atoms with van der Waals surface area (Å²) < 4.78 is 21.6. The smallest absolute Gasteiger partial charge is 0.407 e. The van der Waals surface area contributed by atoms with Crippen molar-refractivity contribution in [3.8, 4) is 22.6 Å². The van der Waals surface area contributed by atoms with Gasteiger partial charge < -0.3 is 24.3 Å². The van der Waals surface area contributed by atoms with Crippen LogP contribution < -0.4 is 14.8 Å². The van der Waals surface area contributed by atoms with E-state index >= 15 is 0 Å². The fraction of sp³-hybridized carbons (Fsp3) is 0.440. The summed E-state index contributed by atoms with van der Waals surface area (Å²) in [4.78, 5) is 22.8. The van der Waals surface area contributed by atoms with Crippen LogP contribution in [0.2, 0.25) is 0 Å². The number of alkyl carbamates (subject to hydrolysis) is 1. The van der Waals surface area contributed by atoms with Crippen LogP contribution in [0.3, 0.4) is 0 Å². The van der Waals surface area contributed by atoms with Crippen molar-refractivity contribution in [2.75, 3.05) is 26.4 Å². The zero-order valence-electron chi connectivity index (χ0n) is 19.5. The van der Waals surface area contributed by atoms with Crippen LogP contribution in [0.4, 0.5) is 4.79 Å². The summed E-state index contributed by atoms with van der Waals surface area (Å²) in [7, 11) is 0. The molecule has 0 aliphatic carbocycles. The molecule has 174 valence electrons. The van der Waals surface area contributed by atoms with Gasteiger partial charge in [-0.05, 0) is 68.7 Å². The molecule has 0 spiro atoms. The Morgan fingerprint density at radius 1 is 0.906 bits per heavy atom. The van der Waals surface area contributed by atoms with Gasteiger partial charge in [-0.3, -0.25) is 4.79 Å². The topological polar surface area (TPSA) is 83.1 Å². The van der Waals surface area contributed by atoms with E-state index in [4.69, 9.17) is 18.9 Å². The summed E-state index contributed by atoms with van der Waals surface area (Å²) in [6, 6.07) is 13.6. The van der Waals surface area contributed by atoms with Crippen LogP contribution in [-0.2, 0) is 14.3 Å². The van der Waals surface area contributed by atoms with Crippen molar-refractivity contribution in [3.63, 3.8) is 0 Å². The first-order valence-electron chi connectivity index (χ1n) is 10.8. The third-order valence-electron chi connectivity index (χ3n) is 4.32. The molecule has 2 aromatic carbocycles. The minimum Gasteiger partial charge on any atom is -0.492 e. The molecule has 0 aliphatic heterocycles. The van der Waals surface area contributed by atoms with E-state index in [1.165, 1.54) is 0 Å². The molecule has 0 fully saturated rings. The van der Waals surface area contributed by atoms with Gasteiger partial charge in [0.05, 0.1) is 6.54 Å². The van der Waals surface area contributed by atoms with E-state index in [0.717, 1.165) is 16.7 Å². The Morgan fingerprint density at radius 2 is 1.56 bits per heavy atom. The standard InChI is InChI=1S/C25H33NO6/c1-6-23(27)31-16-15-30-21-10-7-18(2)22(17-21)19-8-11-20(12-9-19)29-14-13-26-24(28)32-25(3,4)5/h7-12,17H,6,13-16H2,1-5H3,(H,26,28). The Hall–Kier alpha value is -3.22. The van der Waals surface area contributed by atoms with Gasteiger partial charge in [0.2, 0.25) is 0 Å². The van der Waals surface area contributed by atoms with Gasteiger partial charge >= 0.3 is 12.1 Å². The maximum Gasteiger partial charge on any atom is 0.407 e. The highest BCUT2D eigenvalue weighted by molar-refractivity contribution is 5.70. The number of nitrogens with one attached hydrogen (secondary N) is 1. The quantitative estimate of drug-likeness (QED) is 0.415. The number of hydrogen-bond acceptors (Lipinski definition) is 6. The zero-order chi connectivity index (χ0) is 23.6. The highest BCUT2D eigenvalue weighted by atomic mass is 16.6. The molecule has 7 heteroatoms. The number of amides is 1. The second kappa shape index (κ2) is 12.0. The average Bonchev–Trinajstić information content (AvgIpc) is 2.74. The second-order valence-corrected chi connectivity index (χ2v) is 8.20. The molecule has 0 saturated carbocycles. The highest BCUT2D eigenvalue weighted by Crippen LogP contribution is 2.29. The molecule has 0 saturated heterocycles. The highest BCUT2D eigenvalue weighted by Gasteiger charge is 2.15. The van der Waals surface area contributed by atoms with E-state index in [-0.39, 0.29) is 12.6 Å². The molecule has 0 aromatic heterocycles. The van der Waals surface area contributed by atoms with Crippen molar-refractivity contribution in [2.24, 2.45) is 0 Å². The summed E-state index contributed by atoms with van der Waals surface area (Å²) in [5.74, 6) is 1.19. The van der Waals surface area contributed by atoms with E-state index < -0.39 is 11.7 Å². The minimum absolute atomic E-state index is 0.227. The lowest BCUT2D eigenvalue weighted by molar-refractivity contribution is -0.143. The molecule has 0 heterocycles. The number of carbonyl (C=O) groups excluding carboxylic acids is 2. The van der Waals surface area contributed by atoms with Gasteiger partial charge in [-0.2, -0.15) is 0 Å². The van der Waals surface area contributed by atoms with Crippen molar-refractivity contribution in [2.45, 2.75) is 46.6 Å². The van der Waals surface area contributed by atoms with Crippen LogP contribution in [0.1, 0.15) is 39.7 Å². The Morgan fingerprint density at radius 3 is 2.22 bits per heavy atom. The molecule has 0 bridgehead atoms. The van der Waals surface area contributed by atoms with Crippen LogP contribution in [0.15, 0.2) is 42.5 Å². The summed E-state index contributed by atoms with van der Waals surface area (Å²) in [5.41, 5.74) is 2.67. The number of ether oxygens (including phenoxy) is 4. The number of esters is 1. The molecule has 7 nitrogen and oxygen atoms in total. The molecule has 1 amide bonds. The third-order valence-corrected chi connectivity index (χ3v) is 4.32. The van der Waals surface area contributed by atoms with E-state index in [0.29, 0.717) is 37.7 Å². The molecule has 2 rings (SSSR count). The first-order chi connectivity index (χ1) is 15.2. The van der Waals surface area contributed by atoms with Gasteiger partial charge in [0.15, 0.2) is 0 Å². The van der Waals surface area contributed by atoms with Gasteiger partial charge in [0.25, 0.3) is 0 Å². The van der Waals surface area contributed by atoms with Crippen molar-refractivity contribution < 1.29 is 28.5 Å². The number of hydrogen-bond donors (Lipinski definition) is 1. The number of benzene rings is 2. The van der Waals surface area contributed by atoms with Crippen molar-refractivity contribution in [1.29, 1.82) is 0 Å². The molecule has 0 atom stereocenters. The second-order valence-electron chi connectivity index (χ2n) is 8.20. The molecular formula is C25H33NO6.